The molecule has 1 N–H and O–H groups in total. The van der Waals surface area contributed by atoms with Gasteiger partial charge in [-0.2, -0.15) is 0 Å². The molecule has 2 aromatic carbocycles. The van der Waals surface area contributed by atoms with Crippen LogP contribution in [0.2, 0.25) is 0 Å². The van der Waals surface area contributed by atoms with Gasteiger partial charge >= 0.3 is 0 Å². The normalized spacial score (nSPS) is 19.9. The Balaban J connectivity index is 1.37. The SMILES string of the molecule is COc1ccc(N2CNC(=O)C23CCN(CCC(C)c2ccccc2)CC3)cc1. The lowest BCUT2D eigenvalue weighted by Crippen LogP contribution is -2.56. The van der Waals surface area contributed by atoms with Crippen LogP contribution in [0.4, 0.5) is 5.69 Å². The fourth-order valence-electron chi connectivity index (χ4n) is 4.66. The summed E-state index contributed by atoms with van der Waals surface area (Å²) in [5.74, 6) is 1.56. The van der Waals surface area contributed by atoms with Crippen LogP contribution in [0.5, 0.6) is 5.75 Å². The van der Waals surface area contributed by atoms with Gasteiger partial charge in [-0.1, -0.05) is 37.3 Å². The topological polar surface area (TPSA) is 44.8 Å². The number of hydrogen-bond donors (Lipinski definition) is 1. The average molecular weight is 394 g/mol. The highest BCUT2D eigenvalue weighted by molar-refractivity contribution is 5.93. The zero-order valence-corrected chi connectivity index (χ0v) is 17.4. The molecule has 1 unspecified atom stereocenters. The fourth-order valence-corrected chi connectivity index (χ4v) is 4.66. The molecule has 2 aliphatic rings. The molecule has 0 bridgehead atoms. The molecular formula is C24H31N3O2. The second kappa shape index (κ2) is 8.46. The molecule has 4 rings (SSSR count). The molecule has 2 aliphatic heterocycles. The zero-order chi connectivity index (χ0) is 20.3. The summed E-state index contributed by atoms with van der Waals surface area (Å²) in [5, 5.41) is 3.08. The number of nitrogens with zero attached hydrogens (tertiary/aromatic N) is 2. The van der Waals surface area contributed by atoms with Gasteiger partial charge in [-0.3, -0.25) is 4.79 Å². The third-order valence-electron chi connectivity index (χ3n) is 6.65. The zero-order valence-electron chi connectivity index (χ0n) is 17.4. The number of amides is 1. The standard InChI is InChI=1S/C24H31N3O2/c1-19(20-6-4-3-5-7-20)12-15-26-16-13-24(14-17-26)23(28)25-18-27(24)21-8-10-22(29-2)11-9-21/h3-11,19H,12-18H2,1-2H3,(H,25,28). The molecule has 1 amide bonds. The Morgan fingerprint density at radius 1 is 1.07 bits per heavy atom. The minimum Gasteiger partial charge on any atom is -0.497 e. The van der Waals surface area contributed by atoms with Crippen LogP contribution in [0.3, 0.4) is 0 Å². The van der Waals surface area contributed by atoms with E-state index in [1.54, 1.807) is 7.11 Å². The van der Waals surface area contributed by atoms with E-state index in [0.717, 1.165) is 50.3 Å². The third kappa shape index (κ3) is 3.97. The number of anilines is 1. The molecule has 2 heterocycles. The van der Waals surface area contributed by atoms with Crippen LogP contribution >= 0.6 is 0 Å². The van der Waals surface area contributed by atoms with Crippen molar-refractivity contribution >= 4 is 11.6 Å². The summed E-state index contributed by atoms with van der Waals surface area (Å²) < 4.78 is 5.27. The highest BCUT2D eigenvalue weighted by atomic mass is 16.5. The molecule has 154 valence electrons. The van der Waals surface area contributed by atoms with Gasteiger partial charge in [-0.15, -0.1) is 0 Å². The predicted octanol–water partition coefficient (Wildman–Crippen LogP) is 3.62. The molecule has 5 heteroatoms. The minimum atomic E-state index is -0.421. The molecule has 2 saturated heterocycles. The maximum atomic E-state index is 12.8. The summed E-state index contributed by atoms with van der Waals surface area (Å²) in [6.07, 6.45) is 2.88. The number of hydrogen-bond acceptors (Lipinski definition) is 4. The Bertz CT molecular complexity index is 814. The number of rotatable bonds is 6. The molecule has 2 fully saturated rings. The van der Waals surface area contributed by atoms with Gasteiger partial charge in [0.15, 0.2) is 0 Å². The summed E-state index contributed by atoms with van der Waals surface area (Å²) in [4.78, 5) is 17.6. The van der Waals surface area contributed by atoms with E-state index < -0.39 is 5.54 Å². The molecule has 0 aliphatic carbocycles. The number of carbonyl (C=O) groups is 1. The van der Waals surface area contributed by atoms with Crippen molar-refractivity contribution in [3.63, 3.8) is 0 Å². The van der Waals surface area contributed by atoms with Crippen molar-refractivity contribution in [3.05, 3.63) is 60.2 Å². The summed E-state index contributed by atoms with van der Waals surface area (Å²) in [6.45, 7) is 5.88. The van der Waals surface area contributed by atoms with Crippen LogP contribution in [0.25, 0.3) is 0 Å². The second-order valence-electron chi connectivity index (χ2n) is 8.26. The van der Waals surface area contributed by atoms with Gasteiger partial charge in [0.25, 0.3) is 0 Å². The van der Waals surface area contributed by atoms with E-state index in [9.17, 15) is 4.79 Å². The molecule has 0 radical (unpaired) electrons. The fraction of sp³-hybridized carbons (Fsp3) is 0.458. The van der Waals surface area contributed by atoms with Crippen LogP contribution in [0.1, 0.15) is 37.7 Å². The number of nitrogens with one attached hydrogen (secondary N) is 1. The van der Waals surface area contributed by atoms with Gasteiger partial charge in [0.05, 0.1) is 13.8 Å². The van der Waals surface area contributed by atoms with Crippen molar-refractivity contribution in [1.82, 2.24) is 10.2 Å². The lowest BCUT2D eigenvalue weighted by atomic mass is 9.85. The maximum Gasteiger partial charge on any atom is 0.247 e. The lowest BCUT2D eigenvalue weighted by molar-refractivity contribution is -0.125. The van der Waals surface area contributed by atoms with Crippen molar-refractivity contribution in [2.24, 2.45) is 0 Å². The number of ether oxygens (including phenoxy) is 1. The van der Waals surface area contributed by atoms with E-state index in [-0.39, 0.29) is 5.91 Å². The van der Waals surface area contributed by atoms with Crippen LogP contribution in [-0.4, -0.2) is 49.8 Å². The van der Waals surface area contributed by atoms with E-state index in [0.29, 0.717) is 12.6 Å². The average Bonchev–Trinajstić information content (AvgIpc) is 3.09. The van der Waals surface area contributed by atoms with Gasteiger partial charge in [0.2, 0.25) is 5.91 Å². The monoisotopic (exact) mass is 393 g/mol. The van der Waals surface area contributed by atoms with E-state index in [1.807, 2.05) is 12.1 Å². The molecule has 1 spiro atoms. The van der Waals surface area contributed by atoms with E-state index in [1.165, 1.54) is 5.56 Å². The first-order valence-electron chi connectivity index (χ1n) is 10.6. The van der Waals surface area contributed by atoms with Crippen LogP contribution in [0, 0.1) is 0 Å². The largest absolute Gasteiger partial charge is 0.497 e. The van der Waals surface area contributed by atoms with Crippen molar-refractivity contribution in [1.29, 1.82) is 0 Å². The van der Waals surface area contributed by atoms with Crippen molar-refractivity contribution in [3.8, 4) is 5.75 Å². The first kappa shape index (κ1) is 19.8. The van der Waals surface area contributed by atoms with Crippen molar-refractivity contribution < 1.29 is 9.53 Å². The number of likely N-dealkylation sites (tertiary alicyclic amines) is 1. The Morgan fingerprint density at radius 3 is 2.41 bits per heavy atom. The van der Waals surface area contributed by atoms with Crippen LogP contribution < -0.4 is 15.0 Å². The van der Waals surface area contributed by atoms with Crippen molar-refractivity contribution in [2.45, 2.75) is 37.6 Å². The predicted molar refractivity (Wildman–Crippen MR) is 116 cm³/mol. The third-order valence-corrected chi connectivity index (χ3v) is 6.65. The Morgan fingerprint density at radius 2 is 1.76 bits per heavy atom. The molecule has 0 saturated carbocycles. The summed E-state index contributed by atoms with van der Waals surface area (Å²) in [7, 11) is 1.67. The first-order valence-corrected chi connectivity index (χ1v) is 10.6. The summed E-state index contributed by atoms with van der Waals surface area (Å²) in [6, 6.07) is 18.8. The Hall–Kier alpha value is -2.53. The quantitative estimate of drug-likeness (QED) is 0.814. The van der Waals surface area contributed by atoms with Crippen LogP contribution in [-0.2, 0) is 4.79 Å². The van der Waals surface area contributed by atoms with Crippen LogP contribution in [0.15, 0.2) is 54.6 Å². The number of piperidine rings is 1. The van der Waals surface area contributed by atoms with E-state index in [2.05, 4.69) is 64.5 Å². The maximum absolute atomic E-state index is 12.8. The molecule has 29 heavy (non-hydrogen) atoms. The smallest absolute Gasteiger partial charge is 0.247 e. The van der Waals surface area contributed by atoms with Crippen molar-refractivity contribution in [2.75, 3.05) is 38.3 Å². The summed E-state index contributed by atoms with van der Waals surface area (Å²) >= 11 is 0. The molecular weight excluding hydrogens is 362 g/mol. The van der Waals surface area contributed by atoms with Gasteiger partial charge in [0, 0.05) is 18.8 Å². The molecule has 1 atom stereocenters. The molecule has 5 nitrogen and oxygen atoms in total. The summed E-state index contributed by atoms with van der Waals surface area (Å²) in [5.41, 5.74) is 2.06. The minimum absolute atomic E-state index is 0.172. The highest BCUT2D eigenvalue weighted by Crippen LogP contribution is 2.37. The van der Waals surface area contributed by atoms with Gasteiger partial charge < -0.3 is 19.9 Å². The Kier molecular flexibility index (Phi) is 5.76. The Labute approximate surface area is 173 Å². The van der Waals surface area contributed by atoms with E-state index >= 15 is 0 Å². The van der Waals surface area contributed by atoms with Gasteiger partial charge in [0.1, 0.15) is 11.3 Å². The van der Waals surface area contributed by atoms with Gasteiger partial charge in [-0.25, -0.2) is 0 Å². The van der Waals surface area contributed by atoms with E-state index in [4.69, 9.17) is 4.74 Å². The number of carbonyl (C=O) groups excluding carboxylic acids is 1. The number of benzene rings is 2. The van der Waals surface area contributed by atoms with Gasteiger partial charge in [-0.05, 0) is 61.6 Å². The number of methoxy groups -OCH3 is 1. The first-order chi connectivity index (χ1) is 14.1. The molecule has 2 aromatic rings. The lowest BCUT2D eigenvalue weighted by Gasteiger charge is -2.43. The second-order valence-corrected chi connectivity index (χ2v) is 8.26. The molecule has 0 aromatic heterocycles. The highest BCUT2D eigenvalue weighted by Gasteiger charge is 2.50.